The number of urea groups is 1. The molecule has 2 aromatic carbocycles. The number of hydrogen-bond acceptors (Lipinski definition) is 2. The number of allylic oxidation sites excluding steroid dienone is 2. The highest BCUT2D eigenvalue weighted by Gasteiger charge is 2.10. The predicted molar refractivity (Wildman–Crippen MR) is 133 cm³/mol. The van der Waals surface area contributed by atoms with Gasteiger partial charge >= 0.3 is 6.03 Å². The molecule has 3 nitrogen and oxygen atoms in total. The SMILES string of the molecule is C=CS/C=C(\C)C=C.CC.Cc1ccc(NC(=O)N(C)c2ccccc2)cc1C. The molecule has 0 fully saturated rings. The van der Waals surface area contributed by atoms with Crippen molar-refractivity contribution in [3.05, 3.63) is 95.3 Å². The monoisotopic (exact) mass is 410 g/mol. The Kier molecular flexibility index (Phi) is 13.8. The summed E-state index contributed by atoms with van der Waals surface area (Å²) in [6.07, 6.45) is 1.82. The standard InChI is InChI=1S/C16H18N2O.C7H10S.C2H6/c1-12-9-10-14(11-13(12)2)17-16(19)18(3)15-7-5-4-6-8-15;1-4-7(3)6-8-5-2;1-2/h4-11H,1-3H3,(H,17,19);4-6H,1-2H2,3H3;1-2H3/b;7-6+;. The summed E-state index contributed by atoms with van der Waals surface area (Å²) < 4.78 is 0. The normalized spacial score (nSPS) is 9.79. The molecule has 156 valence electrons. The highest BCUT2D eigenvalue weighted by Crippen LogP contribution is 2.16. The fourth-order valence-corrected chi connectivity index (χ4v) is 2.41. The number of rotatable bonds is 5. The van der Waals surface area contributed by atoms with E-state index >= 15 is 0 Å². The lowest BCUT2D eigenvalue weighted by molar-refractivity contribution is 0.258. The van der Waals surface area contributed by atoms with Gasteiger partial charge in [0, 0.05) is 18.4 Å². The quantitative estimate of drug-likeness (QED) is 0.507. The first-order chi connectivity index (χ1) is 13.9. The maximum Gasteiger partial charge on any atom is 0.326 e. The van der Waals surface area contributed by atoms with E-state index in [-0.39, 0.29) is 6.03 Å². The molecule has 0 heterocycles. The molecule has 4 heteroatoms. The number of carbonyl (C=O) groups is 1. The van der Waals surface area contributed by atoms with E-state index in [1.54, 1.807) is 29.1 Å². The zero-order valence-corrected chi connectivity index (χ0v) is 19.3. The third-order valence-corrected chi connectivity index (χ3v) is 4.58. The summed E-state index contributed by atoms with van der Waals surface area (Å²) in [6, 6.07) is 15.3. The zero-order valence-electron chi connectivity index (χ0n) is 18.5. The number of nitrogens with zero attached hydrogens (tertiary/aromatic N) is 1. The molecule has 29 heavy (non-hydrogen) atoms. The minimum Gasteiger partial charge on any atom is -0.308 e. The first kappa shape index (κ1) is 26.3. The van der Waals surface area contributed by atoms with E-state index in [4.69, 9.17) is 0 Å². The van der Waals surface area contributed by atoms with Crippen LogP contribution in [0, 0.1) is 13.8 Å². The van der Waals surface area contributed by atoms with Gasteiger partial charge in [0.2, 0.25) is 0 Å². The molecule has 0 saturated heterocycles. The summed E-state index contributed by atoms with van der Waals surface area (Å²) >= 11 is 1.57. The van der Waals surface area contributed by atoms with Gasteiger partial charge in [-0.1, -0.05) is 57.3 Å². The average molecular weight is 411 g/mol. The number of para-hydroxylation sites is 1. The number of thioether (sulfide) groups is 1. The summed E-state index contributed by atoms with van der Waals surface area (Å²) in [7, 11) is 1.76. The van der Waals surface area contributed by atoms with E-state index in [0.717, 1.165) is 11.4 Å². The van der Waals surface area contributed by atoms with Gasteiger partial charge in [0.25, 0.3) is 0 Å². The maximum atomic E-state index is 12.1. The molecule has 0 spiro atoms. The van der Waals surface area contributed by atoms with E-state index in [0.29, 0.717) is 0 Å². The van der Waals surface area contributed by atoms with Crippen molar-refractivity contribution in [3.8, 4) is 0 Å². The molecule has 0 saturated carbocycles. The molecule has 0 atom stereocenters. The van der Waals surface area contributed by atoms with Gasteiger partial charge < -0.3 is 5.32 Å². The first-order valence-corrected chi connectivity index (χ1v) is 10.6. The Hall–Kier alpha value is -2.72. The highest BCUT2D eigenvalue weighted by molar-refractivity contribution is 8.04. The van der Waals surface area contributed by atoms with Crippen LogP contribution in [0.4, 0.5) is 16.2 Å². The summed E-state index contributed by atoms with van der Waals surface area (Å²) in [5, 5.41) is 6.68. The predicted octanol–water partition coefficient (Wildman–Crippen LogP) is 7.95. The molecule has 0 aliphatic rings. The Balaban J connectivity index is 0.000000664. The Bertz CT molecular complexity index is 798. The molecule has 0 bridgehead atoms. The first-order valence-electron chi connectivity index (χ1n) is 9.61. The number of aryl methyl sites for hydroxylation is 2. The van der Waals surface area contributed by atoms with Crippen LogP contribution in [0.1, 0.15) is 31.9 Å². The van der Waals surface area contributed by atoms with Crippen LogP contribution in [0.15, 0.2) is 84.2 Å². The molecule has 2 aromatic rings. The van der Waals surface area contributed by atoms with Crippen LogP contribution in [-0.4, -0.2) is 13.1 Å². The van der Waals surface area contributed by atoms with E-state index in [9.17, 15) is 4.79 Å². The molecular formula is C25H34N2OS. The number of amides is 2. The topological polar surface area (TPSA) is 32.3 Å². The Morgan fingerprint density at radius 2 is 1.66 bits per heavy atom. The third-order valence-electron chi connectivity index (χ3n) is 3.88. The maximum absolute atomic E-state index is 12.1. The van der Waals surface area contributed by atoms with Crippen molar-refractivity contribution in [3.63, 3.8) is 0 Å². The summed E-state index contributed by atoms with van der Waals surface area (Å²) in [5.41, 5.74) is 5.24. The number of anilines is 2. The van der Waals surface area contributed by atoms with Crippen molar-refractivity contribution in [1.82, 2.24) is 0 Å². The van der Waals surface area contributed by atoms with Crippen molar-refractivity contribution in [2.45, 2.75) is 34.6 Å². The lowest BCUT2D eigenvalue weighted by atomic mass is 10.1. The molecule has 1 N–H and O–H groups in total. The second-order valence-electron chi connectivity index (χ2n) is 5.99. The third kappa shape index (κ3) is 10.4. The molecule has 0 aliphatic carbocycles. The second kappa shape index (κ2) is 15.2. The molecular weight excluding hydrogens is 376 g/mol. The van der Waals surface area contributed by atoms with Gasteiger partial charge in [-0.25, -0.2) is 4.79 Å². The fourth-order valence-electron chi connectivity index (χ4n) is 2.00. The van der Waals surface area contributed by atoms with Crippen LogP contribution in [-0.2, 0) is 0 Å². The lowest BCUT2D eigenvalue weighted by Crippen LogP contribution is -2.31. The van der Waals surface area contributed by atoms with Crippen molar-refractivity contribution in [1.29, 1.82) is 0 Å². The van der Waals surface area contributed by atoms with Crippen LogP contribution in [0.2, 0.25) is 0 Å². The molecule has 0 aromatic heterocycles. The van der Waals surface area contributed by atoms with E-state index < -0.39 is 0 Å². The Labute approximate surface area is 181 Å². The molecule has 2 amide bonds. The minimum absolute atomic E-state index is 0.144. The largest absolute Gasteiger partial charge is 0.326 e. The summed E-state index contributed by atoms with van der Waals surface area (Å²) in [6.45, 7) is 17.2. The van der Waals surface area contributed by atoms with E-state index in [2.05, 4.69) is 25.4 Å². The highest BCUT2D eigenvalue weighted by atomic mass is 32.2. The lowest BCUT2D eigenvalue weighted by Gasteiger charge is -2.18. The van der Waals surface area contributed by atoms with Crippen molar-refractivity contribution < 1.29 is 4.79 Å². The van der Waals surface area contributed by atoms with Gasteiger partial charge in [-0.05, 0) is 72.6 Å². The van der Waals surface area contributed by atoms with Crippen molar-refractivity contribution in [2.75, 3.05) is 17.3 Å². The van der Waals surface area contributed by atoms with Gasteiger partial charge in [-0.3, -0.25) is 4.90 Å². The van der Waals surface area contributed by atoms with Crippen LogP contribution < -0.4 is 10.2 Å². The molecule has 0 aliphatic heterocycles. The number of nitrogens with one attached hydrogen (secondary N) is 1. The summed E-state index contributed by atoms with van der Waals surface area (Å²) in [4.78, 5) is 13.7. The minimum atomic E-state index is -0.144. The van der Waals surface area contributed by atoms with Gasteiger partial charge in [0.1, 0.15) is 0 Å². The van der Waals surface area contributed by atoms with E-state index in [1.807, 2.05) is 87.7 Å². The smallest absolute Gasteiger partial charge is 0.308 e. The molecule has 0 unspecified atom stereocenters. The number of hydrogen-bond donors (Lipinski definition) is 1. The summed E-state index contributed by atoms with van der Waals surface area (Å²) in [5.74, 6) is 0. The Morgan fingerprint density at radius 1 is 1.03 bits per heavy atom. The van der Waals surface area contributed by atoms with Crippen molar-refractivity contribution in [2.24, 2.45) is 0 Å². The van der Waals surface area contributed by atoms with Crippen LogP contribution in [0.25, 0.3) is 0 Å². The zero-order chi connectivity index (χ0) is 22.2. The van der Waals surface area contributed by atoms with Crippen LogP contribution in [0.5, 0.6) is 0 Å². The Morgan fingerprint density at radius 3 is 2.17 bits per heavy atom. The molecule has 2 rings (SSSR count). The second-order valence-corrected chi connectivity index (χ2v) is 6.83. The number of carbonyl (C=O) groups excluding carboxylic acids is 1. The average Bonchev–Trinajstić information content (AvgIpc) is 2.76. The van der Waals surface area contributed by atoms with Gasteiger partial charge in [-0.2, -0.15) is 0 Å². The van der Waals surface area contributed by atoms with Gasteiger partial charge in [0.15, 0.2) is 0 Å². The van der Waals surface area contributed by atoms with Gasteiger partial charge in [-0.15, -0.1) is 11.8 Å². The van der Waals surface area contributed by atoms with E-state index in [1.165, 1.54) is 16.7 Å². The molecule has 0 radical (unpaired) electrons. The number of benzene rings is 2. The van der Waals surface area contributed by atoms with Crippen LogP contribution >= 0.6 is 11.8 Å². The van der Waals surface area contributed by atoms with Gasteiger partial charge in [0.05, 0.1) is 0 Å². The van der Waals surface area contributed by atoms with Crippen LogP contribution in [0.3, 0.4) is 0 Å². The van der Waals surface area contributed by atoms with Crippen molar-refractivity contribution >= 4 is 29.2 Å². The fraction of sp³-hybridized carbons (Fsp3) is 0.240.